The van der Waals surface area contributed by atoms with Gasteiger partial charge in [-0.25, -0.2) is 4.39 Å². The molecule has 0 bridgehead atoms. The van der Waals surface area contributed by atoms with Gasteiger partial charge in [-0.3, -0.25) is 0 Å². The lowest BCUT2D eigenvalue weighted by atomic mass is 10.2. The summed E-state index contributed by atoms with van der Waals surface area (Å²) in [5.74, 6) is 0.209. The van der Waals surface area contributed by atoms with E-state index in [-0.39, 0.29) is 17.7 Å². The van der Waals surface area contributed by atoms with Gasteiger partial charge >= 0.3 is 0 Å². The van der Waals surface area contributed by atoms with Crippen LogP contribution in [0.4, 0.5) is 10.1 Å². The molecule has 6 nitrogen and oxygen atoms in total. The average molecular weight is 265 g/mol. The number of halogens is 1. The smallest absolute Gasteiger partial charge is 0.258 e. The summed E-state index contributed by atoms with van der Waals surface area (Å²) in [4.78, 5) is 4.21. The van der Waals surface area contributed by atoms with E-state index in [2.05, 4.69) is 10.1 Å². The molecule has 1 unspecified atom stereocenters. The van der Waals surface area contributed by atoms with Crippen molar-refractivity contribution in [1.82, 2.24) is 10.1 Å². The van der Waals surface area contributed by atoms with Crippen LogP contribution in [0.5, 0.6) is 0 Å². The molecule has 0 radical (unpaired) electrons. The van der Waals surface area contributed by atoms with E-state index < -0.39 is 5.82 Å². The molecule has 0 aliphatic carbocycles. The molecule has 2 aromatic rings. The van der Waals surface area contributed by atoms with Crippen LogP contribution in [0.25, 0.3) is 11.5 Å². The van der Waals surface area contributed by atoms with Crippen molar-refractivity contribution in [3.8, 4) is 11.5 Å². The van der Waals surface area contributed by atoms with Crippen LogP contribution >= 0.6 is 0 Å². The minimum absolute atomic E-state index is 0.0366. The van der Waals surface area contributed by atoms with Gasteiger partial charge < -0.3 is 19.7 Å². The van der Waals surface area contributed by atoms with E-state index in [1.165, 1.54) is 18.2 Å². The van der Waals surface area contributed by atoms with Gasteiger partial charge in [0.2, 0.25) is 5.82 Å². The number of aromatic nitrogens is 2. The van der Waals surface area contributed by atoms with Crippen molar-refractivity contribution in [3.63, 3.8) is 0 Å². The summed E-state index contributed by atoms with van der Waals surface area (Å²) in [5.41, 5.74) is 6.10. The molecule has 0 amide bonds. The summed E-state index contributed by atoms with van der Waals surface area (Å²) in [6.07, 6.45) is -0.330. The zero-order valence-electron chi connectivity index (χ0n) is 10.0. The number of ether oxygens (including phenoxy) is 2. The Balaban J connectivity index is 1.85. The Morgan fingerprint density at radius 2 is 2.21 bits per heavy atom. The maximum Gasteiger partial charge on any atom is 0.258 e. The third-order valence-corrected chi connectivity index (χ3v) is 2.79. The van der Waals surface area contributed by atoms with Crippen molar-refractivity contribution >= 4 is 5.69 Å². The van der Waals surface area contributed by atoms with E-state index in [1.54, 1.807) is 0 Å². The van der Waals surface area contributed by atoms with Gasteiger partial charge in [-0.2, -0.15) is 4.98 Å². The van der Waals surface area contributed by atoms with Crippen molar-refractivity contribution in [2.45, 2.75) is 6.10 Å². The fraction of sp³-hybridized carbons (Fsp3) is 0.333. The highest BCUT2D eigenvalue weighted by Gasteiger charge is 2.22. The molecule has 1 fully saturated rings. The number of anilines is 1. The van der Waals surface area contributed by atoms with E-state index >= 15 is 0 Å². The molecule has 19 heavy (non-hydrogen) atoms. The predicted molar refractivity (Wildman–Crippen MR) is 63.6 cm³/mol. The first-order valence-electron chi connectivity index (χ1n) is 5.82. The summed E-state index contributed by atoms with van der Waals surface area (Å²) in [6.45, 7) is 1.46. The third-order valence-electron chi connectivity index (χ3n) is 2.79. The second-order valence-corrected chi connectivity index (χ2v) is 4.13. The Kier molecular flexibility index (Phi) is 3.14. The normalized spacial score (nSPS) is 19.5. The molecule has 3 rings (SSSR count). The summed E-state index contributed by atoms with van der Waals surface area (Å²) < 4.78 is 28.9. The summed E-state index contributed by atoms with van der Waals surface area (Å²) in [5, 5.41) is 3.84. The van der Waals surface area contributed by atoms with E-state index in [4.69, 9.17) is 19.7 Å². The molecule has 1 saturated heterocycles. The fourth-order valence-corrected chi connectivity index (χ4v) is 1.80. The number of nitrogen functional groups attached to an aromatic ring is 1. The van der Waals surface area contributed by atoms with Crippen molar-refractivity contribution < 1.29 is 18.4 Å². The van der Waals surface area contributed by atoms with E-state index in [0.717, 1.165) is 0 Å². The molecule has 7 heteroatoms. The van der Waals surface area contributed by atoms with E-state index in [9.17, 15) is 4.39 Å². The molecule has 0 spiro atoms. The van der Waals surface area contributed by atoms with Crippen LogP contribution in [-0.4, -0.2) is 30.0 Å². The second kappa shape index (κ2) is 4.94. The minimum Gasteiger partial charge on any atom is -0.396 e. The van der Waals surface area contributed by atoms with Gasteiger partial charge in [0.1, 0.15) is 11.9 Å². The zero-order chi connectivity index (χ0) is 13.2. The van der Waals surface area contributed by atoms with Crippen molar-refractivity contribution in [3.05, 3.63) is 29.8 Å². The molecule has 2 heterocycles. The molecule has 1 aliphatic rings. The van der Waals surface area contributed by atoms with Crippen LogP contribution in [0.3, 0.4) is 0 Å². The first-order valence-corrected chi connectivity index (χ1v) is 5.82. The number of nitrogens with two attached hydrogens (primary N) is 1. The Hall–Kier alpha value is -1.99. The zero-order valence-corrected chi connectivity index (χ0v) is 10.0. The van der Waals surface area contributed by atoms with Crippen molar-refractivity contribution in [2.24, 2.45) is 0 Å². The van der Waals surface area contributed by atoms with Gasteiger partial charge in [0, 0.05) is 5.56 Å². The molecular formula is C12H12FN3O3. The molecule has 1 aliphatic heterocycles. The van der Waals surface area contributed by atoms with Crippen LogP contribution in [0.2, 0.25) is 0 Å². The first kappa shape index (κ1) is 12.1. The van der Waals surface area contributed by atoms with Gasteiger partial charge in [-0.15, -0.1) is 0 Å². The number of hydrogen-bond acceptors (Lipinski definition) is 6. The summed E-state index contributed by atoms with van der Waals surface area (Å²) >= 11 is 0. The number of rotatable bonds is 2. The molecule has 100 valence electrons. The Bertz CT molecular complexity index is 581. The Morgan fingerprint density at radius 1 is 1.32 bits per heavy atom. The summed E-state index contributed by atoms with van der Waals surface area (Å²) in [7, 11) is 0. The molecule has 1 aromatic heterocycles. The Morgan fingerprint density at radius 3 is 2.95 bits per heavy atom. The van der Waals surface area contributed by atoms with Crippen LogP contribution in [0, 0.1) is 5.82 Å². The van der Waals surface area contributed by atoms with Gasteiger partial charge in [-0.05, 0) is 18.2 Å². The van der Waals surface area contributed by atoms with Crippen LogP contribution in [-0.2, 0) is 9.47 Å². The van der Waals surface area contributed by atoms with Crippen LogP contribution < -0.4 is 5.73 Å². The van der Waals surface area contributed by atoms with Gasteiger partial charge in [0.25, 0.3) is 5.89 Å². The largest absolute Gasteiger partial charge is 0.396 e. The maximum atomic E-state index is 13.1. The second-order valence-electron chi connectivity index (χ2n) is 4.13. The van der Waals surface area contributed by atoms with Crippen molar-refractivity contribution in [1.29, 1.82) is 0 Å². The monoisotopic (exact) mass is 265 g/mol. The molecule has 0 saturated carbocycles. The lowest BCUT2D eigenvalue weighted by Crippen LogP contribution is -2.22. The fourth-order valence-electron chi connectivity index (χ4n) is 1.80. The third kappa shape index (κ3) is 2.42. The highest BCUT2D eigenvalue weighted by Crippen LogP contribution is 2.24. The first-order chi connectivity index (χ1) is 9.24. The van der Waals surface area contributed by atoms with Gasteiger partial charge in [-0.1, -0.05) is 5.16 Å². The highest BCUT2D eigenvalue weighted by molar-refractivity contribution is 5.60. The predicted octanol–water partition coefficient (Wildman–Crippen LogP) is 1.55. The number of benzene rings is 1. The summed E-state index contributed by atoms with van der Waals surface area (Å²) in [6, 6.07) is 4.24. The quantitative estimate of drug-likeness (QED) is 0.829. The lowest BCUT2D eigenvalue weighted by Gasteiger charge is -2.19. The molecule has 2 N–H and O–H groups in total. The number of hydrogen-bond donors (Lipinski definition) is 1. The standard InChI is InChI=1S/C12H12FN3O3/c13-8-2-1-7(5-9(8)14)12-15-11(16-19-12)10-6-17-3-4-18-10/h1-2,5,10H,3-4,6,14H2. The topological polar surface area (TPSA) is 83.4 Å². The minimum atomic E-state index is -0.479. The van der Waals surface area contributed by atoms with Gasteiger partial charge in [0.05, 0.1) is 25.5 Å². The lowest BCUT2D eigenvalue weighted by molar-refractivity contribution is -0.0941. The maximum absolute atomic E-state index is 13.1. The van der Waals surface area contributed by atoms with Crippen LogP contribution in [0.1, 0.15) is 11.9 Å². The highest BCUT2D eigenvalue weighted by atomic mass is 19.1. The van der Waals surface area contributed by atoms with E-state index in [1.807, 2.05) is 0 Å². The Labute approximate surface area is 108 Å². The number of nitrogens with zero attached hydrogens (tertiary/aromatic N) is 2. The SMILES string of the molecule is Nc1cc(-c2nc(C3COCCO3)no2)ccc1F. The molecule has 1 atom stereocenters. The van der Waals surface area contributed by atoms with Crippen LogP contribution in [0.15, 0.2) is 22.7 Å². The van der Waals surface area contributed by atoms with E-state index in [0.29, 0.717) is 31.2 Å². The van der Waals surface area contributed by atoms with Gasteiger partial charge in [0.15, 0.2) is 0 Å². The average Bonchev–Trinajstić information content (AvgIpc) is 2.93. The van der Waals surface area contributed by atoms with Crippen molar-refractivity contribution in [2.75, 3.05) is 25.6 Å². The molecule has 1 aromatic carbocycles. The molecular weight excluding hydrogens is 253 g/mol.